The average Bonchev–Trinajstić information content (AvgIpc) is 2.82. The summed E-state index contributed by atoms with van der Waals surface area (Å²) >= 11 is 0. The predicted molar refractivity (Wildman–Crippen MR) is 70.2 cm³/mol. The van der Waals surface area contributed by atoms with E-state index in [0.717, 1.165) is 22.4 Å². The van der Waals surface area contributed by atoms with Gasteiger partial charge in [-0.3, -0.25) is 9.36 Å². The van der Waals surface area contributed by atoms with E-state index in [0.29, 0.717) is 0 Å². The van der Waals surface area contributed by atoms with Gasteiger partial charge < -0.3 is 5.11 Å². The predicted octanol–water partition coefficient (Wildman–Crippen LogP) is 2.05. The van der Waals surface area contributed by atoms with E-state index in [-0.39, 0.29) is 6.42 Å². The second-order valence-electron chi connectivity index (χ2n) is 4.20. The van der Waals surface area contributed by atoms with E-state index < -0.39 is 5.97 Å². The molecule has 94 valence electrons. The molecule has 5 nitrogen and oxygen atoms in total. The third-order valence-corrected chi connectivity index (χ3v) is 2.85. The minimum absolute atomic E-state index is 0.00784. The van der Waals surface area contributed by atoms with Crippen LogP contribution in [0.5, 0.6) is 0 Å². The van der Waals surface area contributed by atoms with Crippen LogP contribution in [0.3, 0.4) is 0 Å². The molecule has 0 saturated carbocycles. The first-order valence-corrected chi connectivity index (χ1v) is 5.83. The maximum Gasteiger partial charge on any atom is 0.307 e. The summed E-state index contributed by atoms with van der Waals surface area (Å²) in [6, 6.07) is 11.1. The van der Waals surface area contributed by atoms with Crippen LogP contribution in [0.25, 0.3) is 16.9 Å². The molecule has 2 aromatic heterocycles. The van der Waals surface area contributed by atoms with Gasteiger partial charge in [-0.1, -0.05) is 12.1 Å². The van der Waals surface area contributed by atoms with Gasteiger partial charge in [0.1, 0.15) is 11.8 Å². The Bertz CT molecular complexity index is 749. The highest BCUT2D eigenvalue weighted by molar-refractivity contribution is 5.73. The van der Waals surface area contributed by atoms with Gasteiger partial charge in [-0.05, 0) is 29.8 Å². The van der Waals surface area contributed by atoms with Crippen molar-refractivity contribution in [3.05, 3.63) is 54.5 Å². The summed E-state index contributed by atoms with van der Waals surface area (Å²) in [5.74, 6) is -0.842. The number of pyridine rings is 1. The van der Waals surface area contributed by atoms with Crippen LogP contribution < -0.4 is 0 Å². The molecule has 0 atom stereocenters. The Morgan fingerprint density at radius 3 is 2.95 bits per heavy atom. The molecule has 5 heteroatoms. The number of hydrogen-bond donors (Lipinski definition) is 1. The Balaban J connectivity index is 2.09. The third-order valence-electron chi connectivity index (χ3n) is 2.85. The summed E-state index contributed by atoms with van der Waals surface area (Å²) in [5, 5.41) is 8.83. The number of carboxylic acid groups (broad SMARTS) is 1. The van der Waals surface area contributed by atoms with Crippen molar-refractivity contribution in [1.82, 2.24) is 14.5 Å². The number of nitrogens with zero attached hydrogens (tertiary/aromatic N) is 3. The molecule has 0 aliphatic carbocycles. The molecule has 0 spiro atoms. The van der Waals surface area contributed by atoms with Gasteiger partial charge in [-0.25, -0.2) is 9.97 Å². The van der Waals surface area contributed by atoms with Crippen LogP contribution in [-0.2, 0) is 11.2 Å². The lowest BCUT2D eigenvalue weighted by Crippen LogP contribution is -2.01. The molecule has 0 aliphatic heterocycles. The van der Waals surface area contributed by atoms with E-state index in [1.165, 1.54) is 0 Å². The maximum atomic E-state index is 10.7. The number of carbonyl (C=O) groups is 1. The minimum atomic E-state index is -0.842. The zero-order chi connectivity index (χ0) is 13.2. The number of imidazole rings is 1. The third kappa shape index (κ3) is 2.18. The normalized spacial score (nSPS) is 10.7. The molecule has 0 saturated heterocycles. The second-order valence-corrected chi connectivity index (χ2v) is 4.20. The molecule has 0 fully saturated rings. The molecule has 0 aliphatic rings. The van der Waals surface area contributed by atoms with E-state index in [1.807, 2.05) is 34.9 Å². The van der Waals surface area contributed by atoms with Gasteiger partial charge in [0, 0.05) is 11.9 Å². The van der Waals surface area contributed by atoms with Gasteiger partial charge in [0.25, 0.3) is 0 Å². The molecule has 1 aromatic carbocycles. The lowest BCUT2D eigenvalue weighted by Gasteiger charge is -2.05. The van der Waals surface area contributed by atoms with Crippen LogP contribution in [0.4, 0.5) is 0 Å². The Hall–Kier alpha value is -2.69. The van der Waals surface area contributed by atoms with Gasteiger partial charge in [-0.15, -0.1) is 0 Å². The van der Waals surface area contributed by atoms with Crippen molar-refractivity contribution >= 4 is 17.1 Å². The molecular formula is C14H11N3O2. The molecule has 19 heavy (non-hydrogen) atoms. The van der Waals surface area contributed by atoms with E-state index in [1.54, 1.807) is 18.6 Å². The molecule has 2 heterocycles. The lowest BCUT2D eigenvalue weighted by molar-refractivity contribution is -0.136. The van der Waals surface area contributed by atoms with Gasteiger partial charge >= 0.3 is 5.97 Å². The smallest absolute Gasteiger partial charge is 0.307 e. The van der Waals surface area contributed by atoms with Crippen LogP contribution in [0, 0.1) is 0 Å². The van der Waals surface area contributed by atoms with Gasteiger partial charge in [0.15, 0.2) is 5.65 Å². The SMILES string of the molecule is O=C(O)Cc1cccc(-n2cnc3cccnc32)c1. The van der Waals surface area contributed by atoms with Crippen LogP contribution in [-0.4, -0.2) is 25.6 Å². The zero-order valence-electron chi connectivity index (χ0n) is 10.0. The quantitative estimate of drug-likeness (QED) is 0.775. The van der Waals surface area contributed by atoms with E-state index >= 15 is 0 Å². The van der Waals surface area contributed by atoms with E-state index in [2.05, 4.69) is 9.97 Å². The van der Waals surface area contributed by atoms with Crippen molar-refractivity contribution in [2.24, 2.45) is 0 Å². The first-order valence-electron chi connectivity index (χ1n) is 5.83. The fourth-order valence-electron chi connectivity index (χ4n) is 2.03. The number of fused-ring (bicyclic) bond motifs is 1. The number of hydrogen-bond acceptors (Lipinski definition) is 3. The van der Waals surface area contributed by atoms with Crippen molar-refractivity contribution in [2.75, 3.05) is 0 Å². The molecule has 0 amide bonds. The Morgan fingerprint density at radius 1 is 1.21 bits per heavy atom. The summed E-state index contributed by atoms with van der Waals surface area (Å²) in [6.45, 7) is 0. The fourth-order valence-corrected chi connectivity index (χ4v) is 2.03. The molecule has 0 unspecified atom stereocenters. The number of carboxylic acids is 1. The number of aliphatic carboxylic acids is 1. The van der Waals surface area contributed by atoms with Crippen LogP contribution >= 0.6 is 0 Å². The molecule has 3 rings (SSSR count). The molecule has 3 aromatic rings. The topological polar surface area (TPSA) is 68.0 Å². The van der Waals surface area contributed by atoms with E-state index in [9.17, 15) is 4.79 Å². The first kappa shape index (κ1) is 11.4. The molecule has 0 radical (unpaired) electrons. The number of aromatic nitrogens is 3. The second kappa shape index (κ2) is 4.53. The monoisotopic (exact) mass is 253 g/mol. The van der Waals surface area contributed by atoms with E-state index in [4.69, 9.17) is 5.11 Å². The summed E-state index contributed by atoms with van der Waals surface area (Å²) in [6.07, 6.45) is 3.41. The highest BCUT2D eigenvalue weighted by Gasteiger charge is 2.07. The molecule has 1 N–H and O–H groups in total. The van der Waals surface area contributed by atoms with Gasteiger partial charge in [-0.2, -0.15) is 0 Å². The summed E-state index contributed by atoms with van der Waals surface area (Å²) in [7, 11) is 0. The van der Waals surface area contributed by atoms with Crippen molar-refractivity contribution in [1.29, 1.82) is 0 Å². The van der Waals surface area contributed by atoms with Crippen LogP contribution in [0.2, 0.25) is 0 Å². The lowest BCUT2D eigenvalue weighted by atomic mass is 10.1. The van der Waals surface area contributed by atoms with Crippen molar-refractivity contribution < 1.29 is 9.90 Å². The number of benzene rings is 1. The summed E-state index contributed by atoms with van der Waals surface area (Å²) in [5.41, 5.74) is 3.18. The van der Waals surface area contributed by atoms with Crippen molar-refractivity contribution in [3.8, 4) is 5.69 Å². The standard InChI is InChI=1S/C14H11N3O2/c18-13(19)8-10-3-1-4-11(7-10)17-9-16-12-5-2-6-15-14(12)17/h1-7,9H,8H2,(H,18,19). The first-order chi connectivity index (χ1) is 9.24. The minimum Gasteiger partial charge on any atom is -0.481 e. The number of rotatable bonds is 3. The highest BCUT2D eigenvalue weighted by atomic mass is 16.4. The Morgan fingerprint density at radius 2 is 2.11 bits per heavy atom. The molecule has 0 bridgehead atoms. The summed E-state index contributed by atoms with van der Waals surface area (Å²) in [4.78, 5) is 19.3. The van der Waals surface area contributed by atoms with Crippen LogP contribution in [0.15, 0.2) is 48.9 Å². The molecular weight excluding hydrogens is 242 g/mol. The van der Waals surface area contributed by atoms with Crippen molar-refractivity contribution in [2.45, 2.75) is 6.42 Å². The Labute approximate surface area is 109 Å². The van der Waals surface area contributed by atoms with Crippen LogP contribution in [0.1, 0.15) is 5.56 Å². The largest absolute Gasteiger partial charge is 0.481 e. The maximum absolute atomic E-state index is 10.7. The Kier molecular flexibility index (Phi) is 2.72. The van der Waals surface area contributed by atoms with Crippen molar-refractivity contribution in [3.63, 3.8) is 0 Å². The highest BCUT2D eigenvalue weighted by Crippen LogP contribution is 2.17. The van der Waals surface area contributed by atoms with Gasteiger partial charge in [0.05, 0.1) is 6.42 Å². The summed E-state index contributed by atoms with van der Waals surface area (Å²) < 4.78 is 1.85. The average molecular weight is 253 g/mol. The van der Waals surface area contributed by atoms with Gasteiger partial charge in [0.2, 0.25) is 0 Å². The zero-order valence-corrected chi connectivity index (χ0v) is 10.0. The fraction of sp³-hybridized carbons (Fsp3) is 0.0714.